The van der Waals surface area contributed by atoms with Crippen molar-refractivity contribution in [1.29, 1.82) is 0 Å². The molecule has 19 heavy (non-hydrogen) atoms. The van der Waals surface area contributed by atoms with Crippen molar-refractivity contribution in [2.24, 2.45) is 0 Å². The highest BCUT2D eigenvalue weighted by Crippen LogP contribution is 2.46. The third-order valence-corrected chi connectivity index (χ3v) is 5.12. The predicted octanol–water partition coefficient (Wildman–Crippen LogP) is 5.22. The van der Waals surface area contributed by atoms with E-state index in [9.17, 15) is 0 Å². The fourth-order valence-corrected chi connectivity index (χ4v) is 3.00. The van der Waals surface area contributed by atoms with Crippen molar-refractivity contribution in [1.82, 2.24) is 0 Å². The van der Waals surface area contributed by atoms with Crippen molar-refractivity contribution in [3.05, 3.63) is 44.3 Å². The first-order chi connectivity index (χ1) is 9.09. The Labute approximate surface area is 129 Å². The highest BCUT2D eigenvalue weighted by atomic mass is 79.9. The lowest BCUT2D eigenvalue weighted by atomic mass is 9.95. The van der Waals surface area contributed by atoms with Crippen molar-refractivity contribution in [2.75, 3.05) is 6.79 Å². The van der Waals surface area contributed by atoms with Crippen LogP contribution in [-0.4, -0.2) is 6.79 Å². The second kappa shape index (κ2) is 4.84. The molecular formula is C15H12Br2O2. The van der Waals surface area contributed by atoms with Crippen LogP contribution < -0.4 is 9.47 Å². The third-order valence-electron chi connectivity index (χ3n) is 3.40. The van der Waals surface area contributed by atoms with Crippen molar-refractivity contribution in [3.63, 3.8) is 0 Å². The van der Waals surface area contributed by atoms with Gasteiger partial charge in [0.1, 0.15) is 11.5 Å². The molecule has 1 aliphatic heterocycles. The Morgan fingerprint density at radius 2 is 1.21 bits per heavy atom. The lowest BCUT2D eigenvalue weighted by Crippen LogP contribution is -2.03. The van der Waals surface area contributed by atoms with E-state index in [1.807, 2.05) is 24.3 Å². The number of rotatable bonds is 0. The average Bonchev–Trinajstić information content (AvgIpc) is 2.58. The van der Waals surface area contributed by atoms with Crippen molar-refractivity contribution in [2.45, 2.75) is 13.8 Å². The van der Waals surface area contributed by atoms with Gasteiger partial charge < -0.3 is 9.47 Å². The molecule has 0 aliphatic carbocycles. The molecule has 0 spiro atoms. The van der Waals surface area contributed by atoms with Crippen molar-refractivity contribution < 1.29 is 9.47 Å². The molecule has 0 aromatic heterocycles. The molecule has 4 heteroatoms. The van der Waals surface area contributed by atoms with E-state index in [4.69, 9.17) is 9.47 Å². The molecule has 98 valence electrons. The Kier molecular flexibility index (Phi) is 3.31. The summed E-state index contributed by atoms with van der Waals surface area (Å²) < 4.78 is 13.5. The summed E-state index contributed by atoms with van der Waals surface area (Å²) in [6.45, 7) is 4.41. The van der Waals surface area contributed by atoms with Gasteiger partial charge in [0.2, 0.25) is 6.79 Å². The van der Waals surface area contributed by atoms with Crippen molar-refractivity contribution in [3.8, 4) is 22.6 Å². The monoisotopic (exact) mass is 382 g/mol. The second-order valence-corrected chi connectivity index (χ2v) is 6.21. The third kappa shape index (κ3) is 2.07. The summed E-state index contributed by atoms with van der Waals surface area (Å²) >= 11 is 7.17. The van der Waals surface area contributed by atoms with E-state index in [-0.39, 0.29) is 6.79 Å². The van der Waals surface area contributed by atoms with Gasteiger partial charge in [-0.2, -0.15) is 0 Å². The molecule has 2 aromatic carbocycles. The van der Waals surface area contributed by atoms with Crippen LogP contribution in [0.25, 0.3) is 11.1 Å². The van der Waals surface area contributed by atoms with Gasteiger partial charge in [-0.05, 0) is 49.2 Å². The smallest absolute Gasteiger partial charge is 0.230 e. The molecule has 3 rings (SSSR count). The predicted molar refractivity (Wildman–Crippen MR) is 82.9 cm³/mol. The Morgan fingerprint density at radius 3 is 1.63 bits per heavy atom. The molecular weight excluding hydrogens is 372 g/mol. The molecule has 1 heterocycles. The summed E-state index contributed by atoms with van der Waals surface area (Å²) in [5, 5.41) is 0. The van der Waals surface area contributed by atoms with E-state index in [1.54, 1.807) is 0 Å². The van der Waals surface area contributed by atoms with Gasteiger partial charge >= 0.3 is 0 Å². The Balaban J connectivity index is 2.41. The minimum Gasteiger partial charge on any atom is -0.457 e. The van der Waals surface area contributed by atoms with Crippen LogP contribution in [0.5, 0.6) is 11.5 Å². The summed E-state index contributed by atoms with van der Waals surface area (Å²) in [4.78, 5) is 0. The maximum atomic E-state index is 5.70. The minimum atomic E-state index is 0.238. The largest absolute Gasteiger partial charge is 0.457 e. The Bertz CT molecular complexity index is 608. The van der Waals surface area contributed by atoms with Crippen LogP contribution in [0, 0.1) is 13.8 Å². The van der Waals surface area contributed by atoms with Crippen LogP contribution in [0.3, 0.4) is 0 Å². The molecule has 2 aromatic rings. The number of hydrogen-bond donors (Lipinski definition) is 0. The van der Waals surface area contributed by atoms with E-state index in [0.717, 1.165) is 42.7 Å². The molecule has 2 nitrogen and oxygen atoms in total. The van der Waals surface area contributed by atoms with Gasteiger partial charge in [0.15, 0.2) is 0 Å². The summed E-state index contributed by atoms with van der Waals surface area (Å²) in [5.41, 5.74) is 4.51. The van der Waals surface area contributed by atoms with E-state index in [2.05, 4.69) is 45.7 Å². The standard InChI is InChI=1S/C15H12Br2O2/c1-8-10(16)3-5-12-14(8)15-9(2)11(17)4-6-13(15)19-7-18-12/h3-6H,7H2,1-2H3. The summed E-state index contributed by atoms with van der Waals surface area (Å²) in [6, 6.07) is 7.97. The minimum absolute atomic E-state index is 0.238. The fourth-order valence-electron chi connectivity index (χ4n) is 2.34. The topological polar surface area (TPSA) is 18.5 Å². The van der Waals surface area contributed by atoms with Gasteiger partial charge in [-0.15, -0.1) is 0 Å². The number of halogens is 2. The number of benzene rings is 2. The second-order valence-electron chi connectivity index (χ2n) is 4.50. The average molecular weight is 384 g/mol. The van der Waals surface area contributed by atoms with E-state index in [0.29, 0.717) is 0 Å². The Morgan fingerprint density at radius 1 is 0.789 bits per heavy atom. The highest BCUT2D eigenvalue weighted by molar-refractivity contribution is 9.10. The first-order valence-corrected chi connectivity index (χ1v) is 7.52. The molecule has 0 amide bonds. The van der Waals surface area contributed by atoms with Gasteiger partial charge in [-0.3, -0.25) is 0 Å². The molecule has 0 atom stereocenters. The zero-order valence-electron chi connectivity index (χ0n) is 10.6. The van der Waals surface area contributed by atoms with Gasteiger partial charge in [0, 0.05) is 20.1 Å². The van der Waals surface area contributed by atoms with Gasteiger partial charge in [0.05, 0.1) is 0 Å². The molecule has 0 bridgehead atoms. The van der Waals surface area contributed by atoms with Crippen LogP contribution in [0.15, 0.2) is 33.2 Å². The fraction of sp³-hybridized carbons (Fsp3) is 0.200. The van der Waals surface area contributed by atoms with Crippen LogP contribution in [0.4, 0.5) is 0 Å². The zero-order valence-corrected chi connectivity index (χ0v) is 13.8. The summed E-state index contributed by atoms with van der Waals surface area (Å²) in [5.74, 6) is 1.72. The zero-order chi connectivity index (χ0) is 13.6. The van der Waals surface area contributed by atoms with Crippen LogP contribution in [0.2, 0.25) is 0 Å². The van der Waals surface area contributed by atoms with Gasteiger partial charge in [-0.25, -0.2) is 0 Å². The first kappa shape index (κ1) is 13.0. The maximum absolute atomic E-state index is 5.70. The van der Waals surface area contributed by atoms with E-state index >= 15 is 0 Å². The normalized spacial score (nSPS) is 12.8. The molecule has 1 aliphatic rings. The first-order valence-electron chi connectivity index (χ1n) is 5.93. The van der Waals surface area contributed by atoms with Gasteiger partial charge in [0.25, 0.3) is 0 Å². The quantitative estimate of drug-likeness (QED) is 0.620. The molecule has 0 unspecified atom stereocenters. The van der Waals surface area contributed by atoms with Crippen LogP contribution in [0.1, 0.15) is 11.1 Å². The lowest BCUT2D eigenvalue weighted by molar-refractivity contribution is 0.124. The summed E-state index contributed by atoms with van der Waals surface area (Å²) in [7, 11) is 0. The van der Waals surface area contributed by atoms with Crippen LogP contribution in [-0.2, 0) is 0 Å². The van der Waals surface area contributed by atoms with Crippen LogP contribution >= 0.6 is 31.9 Å². The van der Waals surface area contributed by atoms with E-state index in [1.165, 1.54) is 0 Å². The van der Waals surface area contributed by atoms with Crippen molar-refractivity contribution >= 4 is 31.9 Å². The number of hydrogen-bond acceptors (Lipinski definition) is 2. The summed E-state index contributed by atoms with van der Waals surface area (Å²) in [6.07, 6.45) is 0. The molecule has 0 fully saturated rings. The molecule has 0 saturated heterocycles. The number of ether oxygens (including phenoxy) is 2. The van der Waals surface area contributed by atoms with Gasteiger partial charge in [-0.1, -0.05) is 31.9 Å². The maximum Gasteiger partial charge on any atom is 0.230 e. The highest BCUT2D eigenvalue weighted by Gasteiger charge is 2.22. The molecule has 0 N–H and O–H groups in total. The lowest BCUT2D eigenvalue weighted by Gasteiger charge is -2.15. The van der Waals surface area contributed by atoms with E-state index < -0.39 is 0 Å². The number of fused-ring (bicyclic) bond motifs is 3. The SMILES string of the molecule is Cc1c(Br)ccc2c1-c1c(ccc(Br)c1C)OCO2. The molecule has 0 radical (unpaired) electrons. The molecule has 0 saturated carbocycles. The Hall–Kier alpha value is -1.00.